The van der Waals surface area contributed by atoms with Gasteiger partial charge >= 0.3 is 0 Å². The molecule has 0 fully saturated rings. The number of aromatic nitrogens is 2. The standard InChI is InChI=1S/C32H24Cl2N4O4S2/c1-4-11-37-23-8-6-5-7-21(23)32(29(37)41)25-26(39)20-12-16(2)17(3)13-24(20)42-27(25)28(40)38(32)30-35-36-31(44-30)43-15-18-9-10-19(33)14-22(18)34/h5-10,12-14H,4,11,15H2,1-3H3. The Hall–Kier alpha value is -3.70. The topological polar surface area (TPSA) is 96.6 Å². The van der Waals surface area contributed by atoms with Gasteiger partial charge in [-0.3, -0.25) is 19.3 Å². The summed E-state index contributed by atoms with van der Waals surface area (Å²) in [6, 6.07) is 16.1. The van der Waals surface area contributed by atoms with Crippen molar-refractivity contribution >= 4 is 79.9 Å². The first-order chi connectivity index (χ1) is 21.2. The molecule has 222 valence electrons. The summed E-state index contributed by atoms with van der Waals surface area (Å²) >= 11 is 15.0. The van der Waals surface area contributed by atoms with Crippen LogP contribution in [-0.4, -0.2) is 28.6 Å². The van der Waals surface area contributed by atoms with Gasteiger partial charge in [0.15, 0.2) is 15.3 Å². The molecule has 1 atom stereocenters. The number of amides is 2. The van der Waals surface area contributed by atoms with E-state index >= 15 is 0 Å². The van der Waals surface area contributed by atoms with Crippen molar-refractivity contribution in [2.75, 3.05) is 16.3 Å². The Bertz CT molecular complexity index is 2090. The summed E-state index contributed by atoms with van der Waals surface area (Å²) < 4.78 is 6.79. The van der Waals surface area contributed by atoms with Crippen LogP contribution in [0.3, 0.4) is 0 Å². The van der Waals surface area contributed by atoms with E-state index in [1.165, 1.54) is 16.7 Å². The number of carbonyl (C=O) groups is 2. The zero-order chi connectivity index (χ0) is 30.9. The summed E-state index contributed by atoms with van der Waals surface area (Å²) in [6.07, 6.45) is 0.675. The molecule has 0 N–H and O–H groups in total. The Kier molecular flexibility index (Phi) is 7.08. The average molecular weight is 664 g/mol. The van der Waals surface area contributed by atoms with Gasteiger partial charge in [-0.15, -0.1) is 10.2 Å². The van der Waals surface area contributed by atoms with E-state index in [0.717, 1.165) is 28.0 Å². The van der Waals surface area contributed by atoms with Gasteiger partial charge in [0.2, 0.25) is 10.9 Å². The molecule has 12 heteroatoms. The zero-order valence-corrected chi connectivity index (χ0v) is 27.0. The monoisotopic (exact) mass is 662 g/mol. The molecule has 44 heavy (non-hydrogen) atoms. The minimum absolute atomic E-state index is 0.00616. The molecule has 1 unspecified atom stereocenters. The van der Waals surface area contributed by atoms with Crippen LogP contribution in [-0.2, 0) is 16.1 Å². The highest BCUT2D eigenvalue weighted by molar-refractivity contribution is 8.00. The fourth-order valence-corrected chi connectivity index (χ4v) is 8.44. The lowest BCUT2D eigenvalue weighted by atomic mass is 9.84. The van der Waals surface area contributed by atoms with Crippen LogP contribution in [0.15, 0.2) is 68.1 Å². The van der Waals surface area contributed by atoms with Gasteiger partial charge in [0, 0.05) is 27.9 Å². The Morgan fingerprint density at radius 2 is 1.77 bits per heavy atom. The molecule has 0 saturated heterocycles. The van der Waals surface area contributed by atoms with Crippen molar-refractivity contribution < 1.29 is 14.0 Å². The van der Waals surface area contributed by atoms with Gasteiger partial charge < -0.3 is 9.32 Å². The van der Waals surface area contributed by atoms with Crippen molar-refractivity contribution in [2.45, 2.75) is 42.8 Å². The van der Waals surface area contributed by atoms with E-state index in [-0.39, 0.29) is 16.5 Å². The fraction of sp³-hybridized carbons (Fsp3) is 0.219. The second-order valence-electron chi connectivity index (χ2n) is 10.8. The second-order valence-corrected chi connectivity index (χ2v) is 13.8. The molecule has 8 nitrogen and oxygen atoms in total. The normalized spacial score (nSPS) is 17.3. The molecular formula is C32H24Cl2N4O4S2. The van der Waals surface area contributed by atoms with Crippen LogP contribution in [0.4, 0.5) is 10.8 Å². The number of anilines is 2. The minimum atomic E-state index is -1.80. The number of fused-ring (bicyclic) bond motifs is 5. The van der Waals surface area contributed by atoms with Crippen molar-refractivity contribution in [3.63, 3.8) is 0 Å². The van der Waals surface area contributed by atoms with E-state index in [2.05, 4.69) is 10.2 Å². The smallest absolute Gasteiger partial charge is 0.297 e. The average Bonchev–Trinajstić information content (AvgIpc) is 3.63. The van der Waals surface area contributed by atoms with E-state index in [0.29, 0.717) is 55.3 Å². The molecule has 0 bridgehead atoms. The van der Waals surface area contributed by atoms with Crippen molar-refractivity contribution in [1.29, 1.82) is 0 Å². The van der Waals surface area contributed by atoms with Crippen molar-refractivity contribution in [3.05, 3.63) is 108 Å². The van der Waals surface area contributed by atoms with E-state index in [4.69, 9.17) is 27.6 Å². The molecule has 3 aromatic carbocycles. The molecule has 0 saturated carbocycles. The van der Waals surface area contributed by atoms with Crippen LogP contribution in [0.2, 0.25) is 10.0 Å². The molecule has 2 aromatic heterocycles. The highest BCUT2D eigenvalue weighted by atomic mass is 35.5. The van der Waals surface area contributed by atoms with Gasteiger partial charge in [0.25, 0.3) is 11.8 Å². The maximum absolute atomic E-state index is 14.7. The SMILES string of the molecule is CCCN1C(=O)C2(c3ccccc31)c1c(oc3cc(C)c(C)cc3c1=O)C(=O)N2c1nnc(SCc2ccc(Cl)cc2Cl)s1. The maximum Gasteiger partial charge on any atom is 0.297 e. The summed E-state index contributed by atoms with van der Waals surface area (Å²) in [5.41, 5.74) is 1.93. The highest BCUT2D eigenvalue weighted by Crippen LogP contribution is 2.54. The fourth-order valence-electron chi connectivity index (χ4n) is 5.99. The van der Waals surface area contributed by atoms with Crippen LogP contribution < -0.4 is 15.2 Å². The lowest BCUT2D eigenvalue weighted by molar-refractivity contribution is -0.121. The van der Waals surface area contributed by atoms with Gasteiger partial charge in [0.1, 0.15) is 5.58 Å². The zero-order valence-electron chi connectivity index (χ0n) is 23.8. The number of hydrogen-bond acceptors (Lipinski definition) is 8. The molecular weight excluding hydrogens is 639 g/mol. The van der Waals surface area contributed by atoms with Crippen LogP contribution in [0.1, 0.15) is 51.7 Å². The number of thioether (sulfide) groups is 1. The first-order valence-electron chi connectivity index (χ1n) is 13.9. The molecule has 5 aromatic rings. The van der Waals surface area contributed by atoms with Gasteiger partial charge in [-0.1, -0.05) is 77.5 Å². The van der Waals surface area contributed by atoms with Crippen LogP contribution in [0, 0.1) is 13.8 Å². The number of carbonyl (C=O) groups excluding carboxylic acids is 2. The van der Waals surface area contributed by atoms with E-state index in [9.17, 15) is 14.4 Å². The molecule has 1 spiro atoms. The van der Waals surface area contributed by atoms with Gasteiger partial charge in [-0.25, -0.2) is 0 Å². The first-order valence-corrected chi connectivity index (χ1v) is 16.5. The van der Waals surface area contributed by atoms with Crippen LogP contribution >= 0.6 is 46.3 Å². The summed E-state index contributed by atoms with van der Waals surface area (Å²) in [7, 11) is 0. The van der Waals surface area contributed by atoms with Crippen LogP contribution in [0.25, 0.3) is 11.0 Å². The third kappa shape index (κ3) is 4.15. The number of rotatable bonds is 6. The Morgan fingerprint density at radius 1 is 1.00 bits per heavy atom. The number of benzene rings is 3. The van der Waals surface area contributed by atoms with Gasteiger partial charge in [-0.2, -0.15) is 0 Å². The van der Waals surface area contributed by atoms with Gasteiger partial charge in [0.05, 0.1) is 16.6 Å². The molecule has 2 aliphatic heterocycles. The minimum Gasteiger partial charge on any atom is -0.450 e. The van der Waals surface area contributed by atoms with Crippen molar-refractivity contribution in [3.8, 4) is 0 Å². The highest BCUT2D eigenvalue weighted by Gasteiger charge is 2.66. The molecule has 7 rings (SSSR count). The lowest BCUT2D eigenvalue weighted by Gasteiger charge is -2.32. The predicted octanol–water partition coefficient (Wildman–Crippen LogP) is 7.52. The maximum atomic E-state index is 14.7. The molecule has 4 heterocycles. The number of hydrogen-bond donors (Lipinski definition) is 0. The van der Waals surface area contributed by atoms with E-state index in [1.54, 1.807) is 41.3 Å². The molecule has 2 amide bonds. The van der Waals surface area contributed by atoms with E-state index in [1.807, 2.05) is 39.0 Å². The summed E-state index contributed by atoms with van der Waals surface area (Å²) in [5, 5.41) is 10.3. The van der Waals surface area contributed by atoms with Crippen molar-refractivity contribution in [2.24, 2.45) is 0 Å². The number of nitrogens with zero attached hydrogens (tertiary/aromatic N) is 4. The molecule has 0 radical (unpaired) electrons. The third-order valence-corrected chi connectivity index (χ3v) is 10.8. The lowest BCUT2D eigenvalue weighted by Crippen LogP contribution is -2.53. The molecule has 0 aliphatic carbocycles. The Labute approximate surface area is 270 Å². The number of para-hydroxylation sites is 1. The quantitative estimate of drug-likeness (QED) is 0.137. The van der Waals surface area contributed by atoms with Crippen molar-refractivity contribution in [1.82, 2.24) is 10.2 Å². The number of halogens is 2. The number of aryl methyl sites for hydroxylation is 2. The van der Waals surface area contributed by atoms with E-state index < -0.39 is 22.8 Å². The Morgan fingerprint density at radius 3 is 2.55 bits per heavy atom. The first kappa shape index (κ1) is 29.0. The van der Waals surface area contributed by atoms with Gasteiger partial charge in [-0.05, 0) is 67.3 Å². The summed E-state index contributed by atoms with van der Waals surface area (Å²) in [4.78, 5) is 46.6. The summed E-state index contributed by atoms with van der Waals surface area (Å²) in [6.45, 7) is 6.20. The Balaban J connectivity index is 1.43. The summed E-state index contributed by atoms with van der Waals surface area (Å²) in [5.74, 6) is -0.697. The largest absolute Gasteiger partial charge is 0.450 e. The second kappa shape index (κ2) is 10.7. The third-order valence-electron chi connectivity index (χ3n) is 8.14. The molecule has 2 aliphatic rings. The van der Waals surface area contributed by atoms with Crippen LogP contribution in [0.5, 0.6) is 0 Å². The predicted molar refractivity (Wildman–Crippen MR) is 175 cm³/mol.